The van der Waals surface area contributed by atoms with E-state index >= 15 is 0 Å². The lowest BCUT2D eigenvalue weighted by Crippen LogP contribution is -2.49. The molecule has 0 bridgehead atoms. The van der Waals surface area contributed by atoms with Gasteiger partial charge in [-0.05, 0) is 22.7 Å². The van der Waals surface area contributed by atoms with Crippen LogP contribution in [0.1, 0.15) is 25.7 Å². The zero-order valence-electron chi connectivity index (χ0n) is 21.4. The highest BCUT2D eigenvalue weighted by Crippen LogP contribution is 2.35. The van der Waals surface area contributed by atoms with Crippen LogP contribution in [0.15, 0.2) is 0 Å². The Hall–Kier alpha value is -3.27. The molecule has 0 saturated heterocycles. The van der Waals surface area contributed by atoms with Crippen molar-refractivity contribution < 1.29 is 58.8 Å². The number of nitrogens with one attached hydrogen (secondary N) is 4. The number of carbonyl (C=O) groups excluding carboxylic acids is 4. The molecule has 0 aromatic heterocycles. The minimum absolute atomic E-state index is 0.0881. The standard InChI is InChI=1S/C20H32N6O12S3/c21-9(19(35)36)1-3-13(27)25-11(17(33)23-5-15(29)30)7-39-41-40-8-12(18(34)24-6-16(31)32)26-14(28)4-2-10(22)20(37)38/h9-12H,1-8,21-22H2,(H,23,33)(H,24,34)(H,25,27)(H,26,28)(H,29,30)(H,31,32)(H,35,36)(H,37,38)/t9-,10-,11-,12-/m0/s1. The summed E-state index contributed by atoms with van der Waals surface area (Å²) in [6, 6.07) is -5.02. The second kappa shape index (κ2) is 20.6. The molecule has 12 N–H and O–H groups in total. The van der Waals surface area contributed by atoms with E-state index in [1.54, 1.807) is 0 Å². The molecule has 0 spiro atoms. The van der Waals surface area contributed by atoms with Crippen LogP contribution in [0.4, 0.5) is 0 Å². The molecule has 0 heterocycles. The Balaban J connectivity index is 5.05. The van der Waals surface area contributed by atoms with Crippen LogP contribution in [0.3, 0.4) is 0 Å². The largest absolute Gasteiger partial charge is 0.480 e. The molecule has 0 unspecified atom stereocenters. The average Bonchev–Trinajstić information content (AvgIpc) is 2.89. The number of carbonyl (C=O) groups is 8. The molecule has 0 saturated carbocycles. The lowest BCUT2D eigenvalue weighted by atomic mass is 10.1. The van der Waals surface area contributed by atoms with Crippen molar-refractivity contribution in [2.75, 3.05) is 24.6 Å². The predicted molar refractivity (Wildman–Crippen MR) is 147 cm³/mol. The SMILES string of the molecule is N[C@@H](CCC(=O)N[C@@H](CSSSC[C@H](NC(=O)CC[C@H](N)C(=O)O)C(=O)NCC(=O)O)C(=O)NCC(=O)O)C(=O)O. The Labute approximate surface area is 244 Å². The Morgan fingerprint density at radius 1 is 0.610 bits per heavy atom. The first-order valence-electron chi connectivity index (χ1n) is 11.6. The topological polar surface area (TPSA) is 318 Å². The van der Waals surface area contributed by atoms with E-state index in [1.807, 2.05) is 0 Å². The predicted octanol–water partition coefficient (Wildman–Crippen LogP) is -3.23. The zero-order chi connectivity index (χ0) is 31.5. The molecular weight excluding hydrogens is 612 g/mol. The van der Waals surface area contributed by atoms with Crippen molar-refractivity contribution in [2.45, 2.75) is 49.9 Å². The van der Waals surface area contributed by atoms with Gasteiger partial charge in [0, 0.05) is 24.3 Å². The highest BCUT2D eigenvalue weighted by molar-refractivity contribution is 9.09. The third-order valence-corrected chi connectivity index (χ3v) is 8.95. The minimum atomic E-state index is -1.33. The molecule has 0 radical (unpaired) electrons. The third-order valence-electron chi connectivity index (χ3n) is 4.70. The maximum absolute atomic E-state index is 12.4. The van der Waals surface area contributed by atoms with Gasteiger partial charge >= 0.3 is 23.9 Å². The molecule has 0 aromatic carbocycles. The van der Waals surface area contributed by atoms with Crippen molar-refractivity contribution >= 4 is 78.9 Å². The molecule has 21 heteroatoms. The van der Waals surface area contributed by atoms with Crippen molar-refractivity contribution in [3.63, 3.8) is 0 Å². The quantitative estimate of drug-likeness (QED) is 0.0409. The summed E-state index contributed by atoms with van der Waals surface area (Å²) in [6.45, 7) is -1.43. The zero-order valence-corrected chi connectivity index (χ0v) is 23.9. The molecule has 232 valence electrons. The van der Waals surface area contributed by atoms with Crippen LogP contribution in [-0.4, -0.2) is 117 Å². The number of hydrogen-bond acceptors (Lipinski definition) is 13. The van der Waals surface area contributed by atoms with Crippen LogP contribution in [0, 0.1) is 0 Å². The number of aliphatic carboxylic acids is 4. The van der Waals surface area contributed by atoms with Crippen molar-refractivity contribution in [1.82, 2.24) is 21.3 Å². The Morgan fingerprint density at radius 2 is 0.951 bits per heavy atom. The molecule has 0 aliphatic rings. The monoisotopic (exact) mass is 644 g/mol. The van der Waals surface area contributed by atoms with Gasteiger partial charge in [-0.25, -0.2) is 0 Å². The van der Waals surface area contributed by atoms with Crippen LogP contribution in [0.2, 0.25) is 0 Å². The van der Waals surface area contributed by atoms with E-state index in [-0.39, 0.29) is 37.2 Å². The summed E-state index contributed by atoms with van der Waals surface area (Å²) in [5.74, 6) is -8.49. The van der Waals surface area contributed by atoms with Gasteiger partial charge in [0.25, 0.3) is 0 Å². The summed E-state index contributed by atoms with van der Waals surface area (Å²) >= 11 is 0. The molecule has 0 aromatic rings. The number of carboxylic acids is 4. The van der Waals surface area contributed by atoms with E-state index in [1.165, 1.54) is 0 Å². The van der Waals surface area contributed by atoms with E-state index in [9.17, 15) is 38.4 Å². The highest BCUT2D eigenvalue weighted by atomic mass is 33.5. The minimum Gasteiger partial charge on any atom is -0.480 e. The molecule has 18 nitrogen and oxygen atoms in total. The van der Waals surface area contributed by atoms with E-state index < -0.39 is 84.8 Å². The normalized spacial score (nSPS) is 13.5. The number of carboxylic acid groups (broad SMARTS) is 4. The molecule has 0 rings (SSSR count). The van der Waals surface area contributed by atoms with Crippen molar-refractivity contribution in [2.24, 2.45) is 11.5 Å². The summed E-state index contributed by atoms with van der Waals surface area (Å²) in [5, 5.41) is 44.2. The van der Waals surface area contributed by atoms with Gasteiger partial charge in [-0.3, -0.25) is 38.4 Å². The Bertz CT molecular complexity index is 898. The van der Waals surface area contributed by atoms with Crippen molar-refractivity contribution in [1.29, 1.82) is 0 Å². The second-order valence-corrected chi connectivity index (χ2v) is 12.4. The Morgan fingerprint density at radius 3 is 1.24 bits per heavy atom. The maximum Gasteiger partial charge on any atom is 0.322 e. The van der Waals surface area contributed by atoms with Gasteiger partial charge in [0.15, 0.2) is 0 Å². The molecule has 0 aliphatic carbocycles. The van der Waals surface area contributed by atoms with Crippen LogP contribution >= 0.6 is 31.4 Å². The molecule has 0 fully saturated rings. The summed E-state index contributed by atoms with van der Waals surface area (Å²) < 4.78 is 0. The lowest BCUT2D eigenvalue weighted by Gasteiger charge is -2.19. The lowest BCUT2D eigenvalue weighted by molar-refractivity contribution is -0.140. The van der Waals surface area contributed by atoms with Crippen LogP contribution < -0.4 is 32.7 Å². The van der Waals surface area contributed by atoms with Gasteiger partial charge in [0.05, 0.1) is 0 Å². The number of rotatable bonds is 22. The van der Waals surface area contributed by atoms with Gasteiger partial charge in [0.1, 0.15) is 37.3 Å². The maximum atomic E-state index is 12.4. The summed E-state index contributed by atoms with van der Waals surface area (Å²) in [6.07, 6.45) is -1.04. The molecular formula is C20H32N6O12S3. The fourth-order valence-corrected chi connectivity index (χ4v) is 6.40. The van der Waals surface area contributed by atoms with Crippen LogP contribution in [0.25, 0.3) is 0 Å². The van der Waals surface area contributed by atoms with E-state index in [2.05, 4.69) is 21.3 Å². The molecule has 41 heavy (non-hydrogen) atoms. The van der Waals surface area contributed by atoms with Crippen LogP contribution in [-0.2, 0) is 38.4 Å². The number of amides is 4. The number of nitrogens with two attached hydrogens (primary N) is 2. The van der Waals surface area contributed by atoms with Gasteiger partial charge in [-0.1, -0.05) is 21.6 Å². The third kappa shape index (κ3) is 18.7. The average molecular weight is 645 g/mol. The highest BCUT2D eigenvalue weighted by Gasteiger charge is 2.25. The van der Waals surface area contributed by atoms with Gasteiger partial charge in [-0.15, -0.1) is 0 Å². The second-order valence-electron chi connectivity index (χ2n) is 8.07. The van der Waals surface area contributed by atoms with E-state index in [0.29, 0.717) is 0 Å². The fraction of sp³-hybridized carbons (Fsp3) is 0.600. The summed E-state index contributed by atoms with van der Waals surface area (Å²) in [4.78, 5) is 92.2. The van der Waals surface area contributed by atoms with Crippen molar-refractivity contribution in [3.8, 4) is 0 Å². The number of hydrogen-bond donors (Lipinski definition) is 10. The Kier molecular flexibility index (Phi) is 18.9. The van der Waals surface area contributed by atoms with Gasteiger partial charge in [0.2, 0.25) is 23.6 Å². The van der Waals surface area contributed by atoms with Crippen LogP contribution in [0.5, 0.6) is 0 Å². The summed E-state index contributed by atoms with van der Waals surface area (Å²) in [5.41, 5.74) is 10.7. The first kappa shape index (κ1) is 37.7. The molecule has 4 atom stereocenters. The van der Waals surface area contributed by atoms with E-state index in [0.717, 1.165) is 31.4 Å². The van der Waals surface area contributed by atoms with Crippen molar-refractivity contribution in [3.05, 3.63) is 0 Å². The molecule has 0 aliphatic heterocycles. The summed E-state index contributed by atoms with van der Waals surface area (Å²) in [7, 11) is 3.08. The first-order chi connectivity index (χ1) is 19.1. The fourth-order valence-electron chi connectivity index (χ4n) is 2.52. The first-order valence-corrected chi connectivity index (χ1v) is 15.4. The van der Waals surface area contributed by atoms with Gasteiger partial charge < -0.3 is 53.2 Å². The smallest absolute Gasteiger partial charge is 0.322 e. The van der Waals surface area contributed by atoms with E-state index in [4.69, 9.17) is 31.9 Å². The molecule has 4 amide bonds. The van der Waals surface area contributed by atoms with Gasteiger partial charge in [-0.2, -0.15) is 0 Å².